The van der Waals surface area contributed by atoms with Crippen LogP contribution in [-0.2, 0) is 5.75 Å². The van der Waals surface area contributed by atoms with E-state index in [-0.39, 0.29) is 5.82 Å². The quantitative estimate of drug-likeness (QED) is 0.539. The minimum atomic E-state index is -0.243. The lowest BCUT2D eigenvalue weighted by molar-refractivity contribution is 0.631. The first-order chi connectivity index (χ1) is 9.83. The predicted molar refractivity (Wildman–Crippen MR) is 79.1 cm³/mol. The summed E-state index contributed by atoms with van der Waals surface area (Å²) >= 11 is 2.96. The molecule has 0 bridgehead atoms. The van der Waals surface area contributed by atoms with Crippen LogP contribution in [0, 0.1) is 5.82 Å². The maximum Gasteiger partial charge on any atom is 0.187 e. The zero-order valence-electron chi connectivity index (χ0n) is 10.4. The summed E-state index contributed by atoms with van der Waals surface area (Å²) in [6.45, 7) is 0. The number of benzene rings is 1. The van der Waals surface area contributed by atoms with E-state index in [1.54, 1.807) is 30.6 Å². The van der Waals surface area contributed by atoms with Gasteiger partial charge in [-0.05, 0) is 18.2 Å². The van der Waals surface area contributed by atoms with Gasteiger partial charge < -0.3 is 0 Å². The number of hydrogen-bond acceptors (Lipinski definition) is 5. The van der Waals surface area contributed by atoms with Gasteiger partial charge in [0.1, 0.15) is 10.8 Å². The molecule has 3 nitrogen and oxygen atoms in total. The number of rotatable bonds is 4. The maximum absolute atomic E-state index is 13.7. The van der Waals surface area contributed by atoms with Crippen molar-refractivity contribution in [1.29, 1.82) is 0 Å². The Kier molecular flexibility index (Phi) is 4.03. The molecule has 0 saturated carbocycles. The molecule has 0 radical (unpaired) electrons. The second-order valence-electron chi connectivity index (χ2n) is 3.94. The largest absolute Gasteiger partial charge is 0.240 e. The molecule has 0 aliphatic heterocycles. The summed E-state index contributed by atoms with van der Waals surface area (Å²) < 4.78 is 13.7. The molecule has 2 heterocycles. The van der Waals surface area contributed by atoms with Gasteiger partial charge in [0.15, 0.2) is 5.16 Å². The Morgan fingerprint density at radius 1 is 1.10 bits per heavy atom. The van der Waals surface area contributed by atoms with E-state index in [1.165, 1.54) is 29.2 Å². The van der Waals surface area contributed by atoms with Gasteiger partial charge in [0.25, 0.3) is 0 Å². The third-order valence-corrected chi connectivity index (χ3v) is 4.38. The molecule has 0 aliphatic carbocycles. The zero-order valence-corrected chi connectivity index (χ0v) is 12.0. The molecule has 0 saturated heterocycles. The number of aromatic nitrogens is 3. The van der Waals surface area contributed by atoms with E-state index < -0.39 is 0 Å². The van der Waals surface area contributed by atoms with Crippen LogP contribution in [0.4, 0.5) is 4.39 Å². The molecule has 3 rings (SSSR count). The van der Waals surface area contributed by atoms with Crippen LogP contribution in [0.5, 0.6) is 0 Å². The van der Waals surface area contributed by atoms with Gasteiger partial charge >= 0.3 is 0 Å². The number of thiazole rings is 1. The molecule has 100 valence electrons. The summed E-state index contributed by atoms with van der Waals surface area (Å²) in [5.74, 6) is 0.432. The Hall–Kier alpha value is -1.79. The Bertz CT molecular complexity index is 700. The summed E-state index contributed by atoms with van der Waals surface area (Å²) in [4.78, 5) is 12.7. The van der Waals surface area contributed by atoms with E-state index in [9.17, 15) is 4.39 Å². The summed E-state index contributed by atoms with van der Waals surface area (Å²) in [6, 6.07) is 8.46. The third-order valence-electron chi connectivity index (χ3n) is 2.55. The first kappa shape index (κ1) is 13.2. The Labute approximate surface area is 123 Å². The third kappa shape index (κ3) is 3.02. The van der Waals surface area contributed by atoms with Gasteiger partial charge in [-0.2, -0.15) is 0 Å². The number of hydrogen-bond donors (Lipinski definition) is 0. The molecule has 0 unspecified atom stereocenters. The monoisotopic (exact) mass is 303 g/mol. The van der Waals surface area contributed by atoms with Crippen molar-refractivity contribution in [3.63, 3.8) is 0 Å². The molecule has 0 amide bonds. The lowest BCUT2D eigenvalue weighted by atomic mass is 10.2. The predicted octanol–water partition coefficient (Wildman–Crippen LogP) is 4.03. The minimum absolute atomic E-state index is 0.243. The SMILES string of the molecule is Fc1ccccc1-c1nc(CSc2ncccn2)cs1. The average Bonchev–Trinajstić information content (AvgIpc) is 2.95. The second kappa shape index (κ2) is 6.11. The van der Waals surface area contributed by atoms with Crippen molar-refractivity contribution in [1.82, 2.24) is 15.0 Å². The van der Waals surface area contributed by atoms with E-state index in [0.717, 1.165) is 5.69 Å². The number of nitrogens with zero attached hydrogens (tertiary/aromatic N) is 3. The van der Waals surface area contributed by atoms with Gasteiger partial charge in [-0.1, -0.05) is 23.9 Å². The standard InChI is InChI=1S/C14H10FN3S2/c15-12-5-2-1-4-11(12)13-18-10(8-19-13)9-20-14-16-6-3-7-17-14/h1-8H,9H2. The highest BCUT2D eigenvalue weighted by molar-refractivity contribution is 7.98. The van der Waals surface area contributed by atoms with Crippen molar-refractivity contribution in [2.45, 2.75) is 10.9 Å². The summed E-state index contributed by atoms with van der Waals surface area (Å²) in [6.07, 6.45) is 3.42. The zero-order chi connectivity index (χ0) is 13.8. The van der Waals surface area contributed by atoms with Gasteiger partial charge in [-0.25, -0.2) is 19.3 Å². The molecule has 0 spiro atoms. The minimum Gasteiger partial charge on any atom is -0.240 e. The molecule has 0 fully saturated rings. The van der Waals surface area contributed by atoms with Crippen molar-refractivity contribution in [2.24, 2.45) is 0 Å². The fourth-order valence-corrected chi connectivity index (χ4v) is 3.28. The van der Waals surface area contributed by atoms with Crippen LogP contribution < -0.4 is 0 Å². The van der Waals surface area contributed by atoms with Crippen molar-refractivity contribution >= 4 is 23.1 Å². The molecule has 0 atom stereocenters. The fourth-order valence-electron chi connectivity index (χ4n) is 1.63. The number of thioether (sulfide) groups is 1. The van der Waals surface area contributed by atoms with E-state index in [0.29, 0.717) is 21.5 Å². The topological polar surface area (TPSA) is 38.7 Å². The molecule has 3 aromatic rings. The molecule has 2 aromatic heterocycles. The van der Waals surface area contributed by atoms with Gasteiger partial charge in [-0.3, -0.25) is 0 Å². The Morgan fingerprint density at radius 2 is 1.90 bits per heavy atom. The summed E-state index contributed by atoms with van der Waals surface area (Å²) in [5, 5.41) is 3.36. The van der Waals surface area contributed by atoms with E-state index in [1.807, 2.05) is 11.4 Å². The first-order valence-corrected chi connectivity index (χ1v) is 7.78. The Balaban J connectivity index is 1.73. The average molecular weight is 303 g/mol. The van der Waals surface area contributed by atoms with Crippen LogP contribution in [-0.4, -0.2) is 15.0 Å². The van der Waals surface area contributed by atoms with Crippen molar-refractivity contribution in [2.75, 3.05) is 0 Å². The first-order valence-electron chi connectivity index (χ1n) is 5.92. The molecular weight excluding hydrogens is 293 g/mol. The molecule has 20 heavy (non-hydrogen) atoms. The lowest BCUT2D eigenvalue weighted by Crippen LogP contribution is -1.87. The number of halogens is 1. The second-order valence-corrected chi connectivity index (χ2v) is 5.74. The van der Waals surface area contributed by atoms with Crippen molar-refractivity contribution < 1.29 is 4.39 Å². The lowest BCUT2D eigenvalue weighted by Gasteiger charge is -1.98. The Morgan fingerprint density at radius 3 is 2.70 bits per heavy atom. The highest BCUT2D eigenvalue weighted by Gasteiger charge is 2.09. The van der Waals surface area contributed by atoms with Crippen LogP contribution in [0.2, 0.25) is 0 Å². The molecule has 6 heteroatoms. The normalized spacial score (nSPS) is 10.7. The van der Waals surface area contributed by atoms with Crippen LogP contribution in [0.15, 0.2) is 53.3 Å². The van der Waals surface area contributed by atoms with Gasteiger partial charge in [0.05, 0.1) is 5.69 Å². The summed E-state index contributed by atoms with van der Waals surface area (Å²) in [7, 11) is 0. The molecular formula is C14H10FN3S2. The fraction of sp³-hybridized carbons (Fsp3) is 0.0714. The highest BCUT2D eigenvalue weighted by atomic mass is 32.2. The van der Waals surface area contributed by atoms with E-state index >= 15 is 0 Å². The molecule has 0 aliphatic rings. The maximum atomic E-state index is 13.7. The van der Waals surface area contributed by atoms with Crippen LogP contribution in [0.3, 0.4) is 0 Å². The van der Waals surface area contributed by atoms with Crippen LogP contribution in [0.1, 0.15) is 5.69 Å². The van der Waals surface area contributed by atoms with E-state index in [4.69, 9.17) is 0 Å². The van der Waals surface area contributed by atoms with Crippen molar-refractivity contribution in [3.05, 3.63) is 59.6 Å². The van der Waals surface area contributed by atoms with Gasteiger partial charge in [-0.15, -0.1) is 11.3 Å². The molecule has 0 N–H and O–H groups in total. The van der Waals surface area contributed by atoms with Crippen LogP contribution >= 0.6 is 23.1 Å². The smallest absolute Gasteiger partial charge is 0.187 e. The van der Waals surface area contributed by atoms with Gasteiger partial charge in [0.2, 0.25) is 0 Å². The van der Waals surface area contributed by atoms with Gasteiger partial charge in [0, 0.05) is 29.1 Å². The molecule has 1 aromatic carbocycles. The highest BCUT2D eigenvalue weighted by Crippen LogP contribution is 2.28. The van der Waals surface area contributed by atoms with E-state index in [2.05, 4.69) is 15.0 Å². The summed E-state index contributed by atoms with van der Waals surface area (Å²) in [5.41, 5.74) is 1.45. The van der Waals surface area contributed by atoms with Crippen LogP contribution in [0.25, 0.3) is 10.6 Å². The van der Waals surface area contributed by atoms with Crippen molar-refractivity contribution in [3.8, 4) is 10.6 Å².